The van der Waals surface area contributed by atoms with E-state index in [1.165, 1.54) is 4.90 Å². The van der Waals surface area contributed by atoms with Crippen LogP contribution in [0.15, 0.2) is 18.2 Å². The molecule has 2 aromatic rings. The third kappa shape index (κ3) is 1.51. The number of H-pyrrole nitrogens is 1. The number of aromatic amines is 1. The molecule has 0 spiro atoms. The summed E-state index contributed by atoms with van der Waals surface area (Å²) in [5.41, 5.74) is 2.59. The number of benzene rings is 1. The fraction of sp³-hybridized carbons (Fsp3) is 0.250. The van der Waals surface area contributed by atoms with Crippen molar-refractivity contribution in [1.29, 1.82) is 0 Å². The first-order valence-electron chi connectivity index (χ1n) is 5.42. The van der Waals surface area contributed by atoms with Crippen molar-refractivity contribution in [2.24, 2.45) is 0 Å². The van der Waals surface area contributed by atoms with Crippen LogP contribution in [0.25, 0.3) is 10.9 Å². The van der Waals surface area contributed by atoms with Crippen LogP contribution < -0.4 is 4.90 Å². The highest BCUT2D eigenvalue weighted by atomic mass is 16.2. The quantitative estimate of drug-likeness (QED) is 0.746. The van der Waals surface area contributed by atoms with E-state index in [1.807, 2.05) is 25.1 Å². The smallest absolute Gasteiger partial charge is 0.234 e. The number of aromatic nitrogens is 2. The maximum Gasteiger partial charge on any atom is 0.234 e. The largest absolute Gasteiger partial charge is 0.305 e. The molecule has 0 atom stereocenters. The monoisotopic (exact) mass is 229 g/mol. The molecule has 1 aromatic heterocycles. The number of nitrogens with one attached hydrogen (secondary N) is 1. The van der Waals surface area contributed by atoms with Gasteiger partial charge in [-0.05, 0) is 25.1 Å². The van der Waals surface area contributed by atoms with Gasteiger partial charge in [0.1, 0.15) is 0 Å². The van der Waals surface area contributed by atoms with Gasteiger partial charge in [-0.2, -0.15) is 5.10 Å². The van der Waals surface area contributed by atoms with E-state index in [1.54, 1.807) is 0 Å². The summed E-state index contributed by atoms with van der Waals surface area (Å²) < 4.78 is 0. The SMILES string of the molecule is Cc1[nH]nc2ccc(N3CC(=O)CC3=O)cc12. The molecule has 86 valence electrons. The molecule has 2 heterocycles. The minimum atomic E-state index is -0.129. The van der Waals surface area contributed by atoms with Crippen LogP contribution in [-0.4, -0.2) is 28.4 Å². The first kappa shape index (κ1) is 10.0. The highest BCUT2D eigenvalue weighted by Crippen LogP contribution is 2.25. The Kier molecular flexibility index (Phi) is 2.01. The first-order chi connectivity index (χ1) is 8.15. The van der Waals surface area contributed by atoms with Crippen LogP contribution in [0.5, 0.6) is 0 Å². The van der Waals surface area contributed by atoms with Crippen LogP contribution in [0.3, 0.4) is 0 Å². The van der Waals surface area contributed by atoms with Crippen LogP contribution in [0.2, 0.25) is 0 Å². The van der Waals surface area contributed by atoms with Gasteiger partial charge in [0.25, 0.3) is 0 Å². The number of nitrogens with zero attached hydrogens (tertiary/aromatic N) is 2. The molecule has 3 rings (SSSR count). The number of amides is 1. The van der Waals surface area contributed by atoms with Crippen molar-refractivity contribution in [3.8, 4) is 0 Å². The predicted molar refractivity (Wildman–Crippen MR) is 62.8 cm³/mol. The molecular weight excluding hydrogens is 218 g/mol. The molecule has 0 radical (unpaired) electrons. The average Bonchev–Trinajstić information content (AvgIpc) is 2.83. The third-order valence-corrected chi connectivity index (χ3v) is 3.02. The molecule has 1 aliphatic heterocycles. The summed E-state index contributed by atoms with van der Waals surface area (Å²) in [6.07, 6.45) is 0.0163. The van der Waals surface area contributed by atoms with E-state index in [2.05, 4.69) is 10.2 Å². The van der Waals surface area contributed by atoms with E-state index in [0.717, 1.165) is 22.3 Å². The van der Waals surface area contributed by atoms with Crippen LogP contribution >= 0.6 is 0 Å². The van der Waals surface area contributed by atoms with Crippen LogP contribution in [0.1, 0.15) is 12.1 Å². The summed E-state index contributed by atoms with van der Waals surface area (Å²) in [6, 6.07) is 5.56. The Morgan fingerprint density at radius 2 is 2.18 bits per heavy atom. The zero-order chi connectivity index (χ0) is 12.0. The average molecular weight is 229 g/mol. The molecule has 1 fully saturated rings. The number of aryl methyl sites for hydroxylation is 1. The lowest BCUT2D eigenvalue weighted by Crippen LogP contribution is -2.24. The molecule has 1 aromatic carbocycles. The molecule has 1 saturated heterocycles. The van der Waals surface area contributed by atoms with E-state index in [9.17, 15) is 9.59 Å². The Bertz CT molecular complexity index is 630. The van der Waals surface area contributed by atoms with Crippen molar-refractivity contribution < 1.29 is 9.59 Å². The Morgan fingerprint density at radius 3 is 2.88 bits per heavy atom. The summed E-state index contributed by atoms with van der Waals surface area (Å²) in [7, 11) is 0. The van der Waals surface area contributed by atoms with Crippen LogP contribution in [0, 0.1) is 6.92 Å². The van der Waals surface area contributed by atoms with Gasteiger partial charge in [0.15, 0.2) is 5.78 Å². The lowest BCUT2D eigenvalue weighted by atomic mass is 10.2. The molecule has 1 amide bonds. The fourth-order valence-corrected chi connectivity index (χ4v) is 2.11. The van der Waals surface area contributed by atoms with E-state index in [4.69, 9.17) is 0 Å². The highest BCUT2D eigenvalue weighted by molar-refractivity contribution is 6.15. The summed E-state index contributed by atoms with van der Waals surface area (Å²) in [5, 5.41) is 8.00. The molecule has 0 aliphatic carbocycles. The number of hydrogen-bond donors (Lipinski definition) is 1. The van der Waals surface area contributed by atoms with Gasteiger partial charge >= 0.3 is 0 Å². The van der Waals surface area contributed by atoms with E-state index >= 15 is 0 Å². The Hall–Kier alpha value is -2.17. The summed E-state index contributed by atoms with van der Waals surface area (Å²) in [5.74, 6) is -0.158. The minimum Gasteiger partial charge on any atom is -0.305 e. The lowest BCUT2D eigenvalue weighted by molar-refractivity contribution is -0.121. The molecule has 0 unspecified atom stereocenters. The number of ketones is 1. The van der Waals surface area contributed by atoms with Crippen LogP contribution in [0.4, 0.5) is 5.69 Å². The molecule has 0 bridgehead atoms. The van der Waals surface area contributed by atoms with Crippen molar-refractivity contribution >= 4 is 28.3 Å². The Morgan fingerprint density at radius 1 is 1.35 bits per heavy atom. The second-order valence-electron chi connectivity index (χ2n) is 4.25. The van der Waals surface area contributed by atoms with E-state index in [0.29, 0.717) is 0 Å². The van der Waals surface area contributed by atoms with Gasteiger partial charge in [-0.25, -0.2) is 0 Å². The summed E-state index contributed by atoms with van der Waals surface area (Å²) in [4.78, 5) is 24.4. The third-order valence-electron chi connectivity index (χ3n) is 3.02. The number of hydrogen-bond acceptors (Lipinski definition) is 3. The number of carbonyl (C=O) groups is 2. The van der Waals surface area contributed by atoms with Crippen LogP contribution in [-0.2, 0) is 9.59 Å². The number of anilines is 1. The number of carbonyl (C=O) groups excluding carboxylic acids is 2. The van der Waals surface area contributed by atoms with Gasteiger partial charge in [0.05, 0.1) is 18.5 Å². The van der Waals surface area contributed by atoms with Gasteiger partial charge in [0.2, 0.25) is 5.91 Å². The van der Waals surface area contributed by atoms with Crippen molar-refractivity contribution in [2.45, 2.75) is 13.3 Å². The highest BCUT2D eigenvalue weighted by Gasteiger charge is 2.28. The number of Topliss-reactive ketones (excluding diaryl/α,β-unsaturated/α-hetero) is 1. The maximum absolute atomic E-state index is 11.6. The van der Waals surface area contributed by atoms with Gasteiger partial charge in [-0.15, -0.1) is 0 Å². The molecule has 1 aliphatic rings. The fourth-order valence-electron chi connectivity index (χ4n) is 2.11. The summed E-state index contributed by atoms with van der Waals surface area (Å²) in [6.45, 7) is 2.11. The van der Waals surface area contributed by atoms with Gasteiger partial charge in [0, 0.05) is 16.8 Å². The standard InChI is InChI=1S/C12H11N3O2/c1-7-10-4-8(2-3-11(10)14-13-7)15-6-9(16)5-12(15)17/h2-4H,5-6H2,1H3,(H,13,14). The Balaban J connectivity index is 2.08. The maximum atomic E-state index is 11.6. The predicted octanol–water partition coefficient (Wildman–Crippen LogP) is 1.18. The van der Waals surface area contributed by atoms with E-state index in [-0.39, 0.29) is 24.7 Å². The first-order valence-corrected chi connectivity index (χ1v) is 5.42. The summed E-state index contributed by atoms with van der Waals surface area (Å²) >= 11 is 0. The molecule has 5 nitrogen and oxygen atoms in total. The normalized spacial score (nSPS) is 16.2. The number of rotatable bonds is 1. The van der Waals surface area contributed by atoms with Gasteiger partial charge in [-0.3, -0.25) is 14.7 Å². The molecule has 0 saturated carbocycles. The second kappa shape index (κ2) is 3.41. The topological polar surface area (TPSA) is 66.1 Å². The Labute approximate surface area is 97.4 Å². The molecule has 1 N–H and O–H groups in total. The van der Waals surface area contributed by atoms with Crippen molar-refractivity contribution in [2.75, 3.05) is 11.4 Å². The van der Waals surface area contributed by atoms with E-state index < -0.39 is 0 Å². The van der Waals surface area contributed by atoms with Gasteiger partial charge in [-0.1, -0.05) is 0 Å². The second-order valence-corrected chi connectivity index (χ2v) is 4.25. The zero-order valence-electron chi connectivity index (χ0n) is 9.36. The van der Waals surface area contributed by atoms with Crippen molar-refractivity contribution in [3.63, 3.8) is 0 Å². The number of fused-ring (bicyclic) bond motifs is 1. The zero-order valence-corrected chi connectivity index (χ0v) is 9.36. The molecule has 17 heavy (non-hydrogen) atoms. The molecular formula is C12H11N3O2. The minimum absolute atomic E-state index is 0.0163. The van der Waals surface area contributed by atoms with Crippen molar-refractivity contribution in [3.05, 3.63) is 23.9 Å². The lowest BCUT2D eigenvalue weighted by Gasteiger charge is -2.14. The molecule has 5 heteroatoms. The van der Waals surface area contributed by atoms with Gasteiger partial charge < -0.3 is 4.90 Å². The van der Waals surface area contributed by atoms with Crippen molar-refractivity contribution in [1.82, 2.24) is 10.2 Å².